The number of aliphatic carboxylic acids is 1. The summed E-state index contributed by atoms with van der Waals surface area (Å²) in [4.78, 5) is 22.3. The molecule has 2 aromatic rings. The highest BCUT2D eigenvalue weighted by molar-refractivity contribution is 5.96. The number of carboxylic acids is 1. The van der Waals surface area contributed by atoms with Gasteiger partial charge in [-0.2, -0.15) is 0 Å². The predicted octanol–water partition coefficient (Wildman–Crippen LogP) is 2.88. The van der Waals surface area contributed by atoms with Crippen molar-refractivity contribution in [1.29, 1.82) is 0 Å². The van der Waals surface area contributed by atoms with Crippen LogP contribution in [-0.4, -0.2) is 30.7 Å². The van der Waals surface area contributed by atoms with Crippen molar-refractivity contribution in [3.05, 3.63) is 65.4 Å². The second-order valence-corrected chi connectivity index (χ2v) is 5.54. The highest BCUT2D eigenvalue weighted by atomic mass is 16.5. The molecule has 0 unspecified atom stereocenters. The number of benzene rings is 2. The van der Waals surface area contributed by atoms with E-state index in [-0.39, 0.29) is 5.70 Å². The smallest absolute Gasteiger partial charge is 0.352 e. The number of hydrogen-bond acceptors (Lipinski definition) is 4. The van der Waals surface area contributed by atoms with Crippen LogP contribution in [0.15, 0.2) is 54.2 Å². The molecular weight excluding hydrogens is 334 g/mol. The van der Waals surface area contributed by atoms with E-state index in [1.807, 2.05) is 30.3 Å². The minimum Gasteiger partial charge on any atom is -0.493 e. The Labute approximate surface area is 152 Å². The van der Waals surface area contributed by atoms with Gasteiger partial charge in [0.1, 0.15) is 5.70 Å². The second-order valence-electron chi connectivity index (χ2n) is 5.54. The van der Waals surface area contributed by atoms with Crippen LogP contribution in [0.4, 0.5) is 0 Å². The topological polar surface area (TPSA) is 84.9 Å². The SMILES string of the molecule is COc1cc(/C=C(/NC(C)=O)C(=O)O)ccc1OCCc1ccccc1. The summed E-state index contributed by atoms with van der Waals surface area (Å²) in [7, 11) is 1.51. The van der Waals surface area contributed by atoms with Crippen molar-refractivity contribution in [1.82, 2.24) is 5.32 Å². The first kappa shape index (κ1) is 19.1. The summed E-state index contributed by atoms with van der Waals surface area (Å²) in [6.45, 7) is 1.74. The Hall–Kier alpha value is -3.28. The Morgan fingerprint density at radius 2 is 1.85 bits per heavy atom. The maximum absolute atomic E-state index is 11.2. The number of nitrogens with one attached hydrogen (secondary N) is 1. The molecule has 0 radical (unpaired) electrons. The van der Waals surface area contributed by atoms with Gasteiger partial charge in [0.05, 0.1) is 13.7 Å². The van der Waals surface area contributed by atoms with Crippen LogP contribution in [0.25, 0.3) is 6.08 Å². The van der Waals surface area contributed by atoms with Crippen molar-refractivity contribution >= 4 is 18.0 Å². The van der Waals surface area contributed by atoms with E-state index in [2.05, 4.69) is 5.32 Å². The van der Waals surface area contributed by atoms with Gasteiger partial charge >= 0.3 is 5.97 Å². The van der Waals surface area contributed by atoms with E-state index in [1.54, 1.807) is 18.2 Å². The lowest BCUT2D eigenvalue weighted by Crippen LogP contribution is -2.24. The molecule has 1 amide bonds. The van der Waals surface area contributed by atoms with Gasteiger partial charge in [0.2, 0.25) is 5.91 Å². The van der Waals surface area contributed by atoms with Crippen molar-refractivity contribution in [2.75, 3.05) is 13.7 Å². The molecule has 0 spiro atoms. The highest BCUT2D eigenvalue weighted by Crippen LogP contribution is 2.29. The van der Waals surface area contributed by atoms with Crippen molar-refractivity contribution in [2.45, 2.75) is 13.3 Å². The average molecular weight is 355 g/mol. The van der Waals surface area contributed by atoms with Crippen LogP contribution < -0.4 is 14.8 Å². The zero-order chi connectivity index (χ0) is 18.9. The van der Waals surface area contributed by atoms with Gasteiger partial charge in [-0.1, -0.05) is 36.4 Å². The molecule has 0 bridgehead atoms. The Bertz CT molecular complexity index is 799. The molecule has 2 aromatic carbocycles. The molecule has 26 heavy (non-hydrogen) atoms. The number of rotatable bonds is 8. The van der Waals surface area contributed by atoms with Gasteiger partial charge in [-0.15, -0.1) is 0 Å². The molecule has 0 aliphatic rings. The molecule has 0 saturated carbocycles. The lowest BCUT2D eigenvalue weighted by molar-refractivity contribution is -0.134. The molecule has 0 aromatic heterocycles. The molecule has 2 rings (SSSR count). The molecule has 0 atom stereocenters. The van der Waals surface area contributed by atoms with Crippen molar-refractivity contribution in [2.24, 2.45) is 0 Å². The highest BCUT2D eigenvalue weighted by Gasteiger charge is 2.11. The van der Waals surface area contributed by atoms with Crippen molar-refractivity contribution in [3.8, 4) is 11.5 Å². The summed E-state index contributed by atoms with van der Waals surface area (Å²) in [6.07, 6.45) is 2.12. The molecule has 0 aliphatic heterocycles. The van der Waals surface area contributed by atoms with E-state index < -0.39 is 11.9 Å². The van der Waals surface area contributed by atoms with Crippen LogP contribution in [0.3, 0.4) is 0 Å². The fourth-order valence-electron chi connectivity index (χ4n) is 2.32. The van der Waals surface area contributed by atoms with Gasteiger partial charge in [-0.3, -0.25) is 4.79 Å². The third kappa shape index (κ3) is 5.66. The van der Waals surface area contributed by atoms with Crippen LogP contribution in [0.5, 0.6) is 11.5 Å². The standard InChI is InChI=1S/C20H21NO5/c1-14(22)21-17(20(23)24)12-16-8-9-18(19(13-16)25-2)26-11-10-15-6-4-3-5-7-15/h3-9,12-13H,10-11H2,1-2H3,(H,21,22)(H,23,24)/b17-12+. The van der Waals surface area contributed by atoms with Crippen LogP contribution in [0.2, 0.25) is 0 Å². The number of methoxy groups -OCH3 is 1. The number of hydrogen-bond donors (Lipinski definition) is 2. The van der Waals surface area contributed by atoms with Crippen molar-refractivity contribution < 1.29 is 24.2 Å². The van der Waals surface area contributed by atoms with Crippen LogP contribution in [0, 0.1) is 0 Å². The first-order valence-corrected chi connectivity index (χ1v) is 8.07. The monoisotopic (exact) mass is 355 g/mol. The first-order valence-electron chi connectivity index (χ1n) is 8.07. The molecule has 136 valence electrons. The molecule has 6 nitrogen and oxygen atoms in total. The third-order valence-corrected chi connectivity index (χ3v) is 3.53. The maximum atomic E-state index is 11.2. The van der Waals surface area contributed by atoms with Crippen LogP contribution in [-0.2, 0) is 16.0 Å². The summed E-state index contributed by atoms with van der Waals surface area (Å²) in [5.74, 6) is -0.620. The summed E-state index contributed by atoms with van der Waals surface area (Å²) >= 11 is 0. The van der Waals surface area contributed by atoms with Gasteiger partial charge in [0.25, 0.3) is 0 Å². The van der Waals surface area contributed by atoms with Gasteiger partial charge < -0.3 is 19.9 Å². The second kappa shape index (κ2) is 9.27. The van der Waals surface area contributed by atoms with E-state index in [4.69, 9.17) is 14.6 Å². The Morgan fingerprint density at radius 3 is 2.46 bits per heavy atom. The van der Waals surface area contributed by atoms with Gasteiger partial charge in [0, 0.05) is 13.3 Å². The van der Waals surface area contributed by atoms with Gasteiger partial charge in [-0.05, 0) is 29.3 Å². The molecule has 0 saturated heterocycles. The fourth-order valence-corrected chi connectivity index (χ4v) is 2.32. The fraction of sp³-hybridized carbons (Fsp3) is 0.200. The van der Waals surface area contributed by atoms with Gasteiger partial charge in [-0.25, -0.2) is 4.79 Å². The number of carbonyl (C=O) groups is 2. The number of amides is 1. The zero-order valence-electron chi connectivity index (χ0n) is 14.7. The molecule has 6 heteroatoms. The molecule has 0 heterocycles. The van der Waals surface area contributed by atoms with E-state index in [0.29, 0.717) is 23.7 Å². The summed E-state index contributed by atoms with van der Waals surface area (Å²) in [5.41, 5.74) is 1.54. The minimum absolute atomic E-state index is 0.211. The predicted molar refractivity (Wildman–Crippen MR) is 98.1 cm³/mol. The molecule has 0 fully saturated rings. The third-order valence-electron chi connectivity index (χ3n) is 3.53. The quantitative estimate of drug-likeness (QED) is 0.711. The molecular formula is C20H21NO5. The number of carboxylic acid groups (broad SMARTS) is 1. The largest absolute Gasteiger partial charge is 0.493 e. The average Bonchev–Trinajstić information content (AvgIpc) is 2.62. The summed E-state index contributed by atoms with van der Waals surface area (Å²) in [6, 6.07) is 15.1. The lowest BCUT2D eigenvalue weighted by atomic mass is 10.1. The molecule has 2 N–H and O–H groups in total. The first-order chi connectivity index (χ1) is 12.5. The summed E-state index contributed by atoms with van der Waals surface area (Å²) < 4.78 is 11.1. The van der Waals surface area contributed by atoms with Gasteiger partial charge in [0.15, 0.2) is 11.5 Å². The Morgan fingerprint density at radius 1 is 1.12 bits per heavy atom. The normalized spacial score (nSPS) is 10.9. The zero-order valence-corrected chi connectivity index (χ0v) is 14.7. The van der Waals surface area contributed by atoms with E-state index >= 15 is 0 Å². The minimum atomic E-state index is -1.22. The maximum Gasteiger partial charge on any atom is 0.352 e. The van der Waals surface area contributed by atoms with Crippen LogP contribution in [0.1, 0.15) is 18.1 Å². The summed E-state index contributed by atoms with van der Waals surface area (Å²) in [5, 5.41) is 11.4. The Balaban J connectivity index is 2.10. The Kier molecular flexibility index (Phi) is 6.79. The van der Waals surface area contributed by atoms with E-state index in [0.717, 1.165) is 6.42 Å². The van der Waals surface area contributed by atoms with E-state index in [1.165, 1.54) is 25.7 Å². The van der Waals surface area contributed by atoms with Crippen molar-refractivity contribution in [3.63, 3.8) is 0 Å². The number of carbonyl (C=O) groups excluding carboxylic acids is 1. The molecule has 0 aliphatic carbocycles. The number of ether oxygens (including phenoxy) is 2. The van der Waals surface area contributed by atoms with E-state index in [9.17, 15) is 9.59 Å². The van der Waals surface area contributed by atoms with Crippen LogP contribution >= 0.6 is 0 Å². The lowest BCUT2D eigenvalue weighted by Gasteiger charge is -2.12.